The van der Waals surface area contributed by atoms with Gasteiger partial charge in [0.25, 0.3) is 5.91 Å². The Morgan fingerprint density at radius 1 is 0.963 bits per heavy atom. The maximum Gasteiger partial charge on any atom is 0.262 e. The van der Waals surface area contributed by atoms with Crippen molar-refractivity contribution < 1.29 is 9.53 Å². The Bertz CT molecular complexity index is 1010. The summed E-state index contributed by atoms with van der Waals surface area (Å²) in [6, 6.07) is 19.0. The summed E-state index contributed by atoms with van der Waals surface area (Å²) in [5.41, 5.74) is 4.04. The van der Waals surface area contributed by atoms with Gasteiger partial charge in [-0.2, -0.15) is 15.2 Å². The number of carbonyl (C=O) groups excluding carboxylic acids is 1. The highest BCUT2D eigenvalue weighted by Gasteiger charge is 2.38. The molecule has 1 amide bonds. The molecule has 0 fully saturated rings. The second kappa shape index (κ2) is 6.72. The molecule has 1 aliphatic rings. The normalized spacial score (nSPS) is 16.6. The van der Waals surface area contributed by atoms with Gasteiger partial charge in [-0.3, -0.25) is 4.79 Å². The smallest absolute Gasteiger partial charge is 0.262 e. The van der Waals surface area contributed by atoms with Crippen LogP contribution in [0.5, 0.6) is 5.75 Å². The molecular weight excluding hydrogens is 340 g/mol. The molecule has 0 radical (unpaired) electrons. The number of para-hydroxylation sites is 1. The van der Waals surface area contributed by atoms with E-state index >= 15 is 0 Å². The van der Waals surface area contributed by atoms with E-state index in [2.05, 4.69) is 10.2 Å². The third-order valence-corrected chi connectivity index (χ3v) is 4.60. The Morgan fingerprint density at radius 2 is 1.67 bits per heavy atom. The SMILES string of the molecule is COc1ccc(-n2nc(C)cc2C2C(=O)N(c3ccccc3)N=C2C)cc1. The minimum Gasteiger partial charge on any atom is -0.497 e. The Morgan fingerprint density at radius 3 is 2.33 bits per heavy atom. The largest absolute Gasteiger partial charge is 0.497 e. The molecule has 27 heavy (non-hydrogen) atoms. The van der Waals surface area contributed by atoms with Crippen molar-refractivity contribution in [2.24, 2.45) is 5.10 Å². The van der Waals surface area contributed by atoms with Gasteiger partial charge in [-0.25, -0.2) is 4.68 Å². The van der Waals surface area contributed by atoms with Gasteiger partial charge in [0, 0.05) is 0 Å². The van der Waals surface area contributed by atoms with Crippen LogP contribution in [-0.2, 0) is 4.79 Å². The van der Waals surface area contributed by atoms with Gasteiger partial charge in [0.2, 0.25) is 0 Å². The van der Waals surface area contributed by atoms with E-state index in [1.165, 1.54) is 5.01 Å². The maximum atomic E-state index is 13.2. The van der Waals surface area contributed by atoms with E-state index in [1.807, 2.05) is 79.2 Å². The van der Waals surface area contributed by atoms with Crippen LogP contribution in [0.15, 0.2) is 65.8 Å². The van der Waals surface area contributed by atoms with Crippen LogP contribution in [0.3, 0.4) is 0 Å². The van der Waals surface area contributed by atoms with E-state index in [0.29, 0.717) is 0 Å². The summed E-state index contributed by atoms with van der Waals surface area (Å²) >= 11 is 0. The Balaban J connectivity index is 1.74. The summed E-state index contributed by atoms with van der Waals surface area (Å²) in [4.78, 5) is 13.2. The number of amides is 1. The molecule has 1 aliphatic heterocycles. The first-order chi connectivity index (χ1) is 13.1. The Kier molecular flexibility index (Phi) is 4.24. The molecule has 0 N–H and O–H groups in total. The second-order valence-electron chi connectivity index (χ2n) is 6.48. The lowest BCUT2D eigenvalue weighted by molar-refractivity contribution is -0.118. The summed E-state index contributed by atoms with van der Waals surface area (Å²) in [7, 11) is 1.63. The number of aryl methyl sites for hydroxylation is 1. The Hall–Kier alpha value is -3.41. The number of aromatic nitrogens is 2. The molecule has 3 aromatic rings. The monoisotopic (exact) mass is 360 g/mol. The predicted molar refractivity (Wildman–Crippen MR) is 105 cm³/mol. The van der Waals surface area contributed by atoms with Gasteiger partial charge in [0.1, 0.15) is 11.7 Å². The summed E-state index contributed by atoms with van der Waals surface area (Å²) < 4.78 is 7.04. The highest BCUT2D eigenvalue weighted by Crippen LogP contribution is 2.32. The van der Waals surface area contributed by atoms with Crippen LogP contribution in [0.4, 0.5) is 5.69 Å². The zero-order chi connectivity index (χ0) is 19.0. The van der Waals surface area contributed by atoms with E-state index in [1.54, 1.807) is 7.11 Å². The summed E-state index contributed by atoms with van der Waals surface area (Å²) in [5.74, 6) is 0.232. The number of ether oxygens (including phenoxy) is 1. The molecule has 2 heterocycles. The van der Waals surface area contributed by atoms with Crippen LogP contribution in [0.2, 0.25) is 0 Å². The molecule has 136 valence electrons. The lowest BCUT2D eigenvalue weighted by atomic mass is 9.99. The van der Waals surface area contributed by atoms with Crippen molar-refractivity contribution in [3.05, 3.63) is 72.1 Å². The van der Waals surface area contributed by atoms with Gasteiger partial charge in [-0.15, -0.1) is 0 Å². The van der Waals surface area contributed by atoms with Gasteiger partial charge < -0.3 is 4.74 Å². The molecule has 2 aromatic carbocycles. The molecule has 1 unspecified atom stereocenters. The van der Waals surface area contributed by atoms with E-state index in [-0.39, 0.29) is 5.91 Å². The fourth-order valence-electron chi connectivity index (χ4n) is 3.32. The van der Waals surface area contributed by atoms with Gasteiger partial charge in [0.15, 0.2) is 0 Å². The first kappa shape index (κ1) is 17.0. The minimum atomic E-state index is -0.464. The average Bonchev–Trinajstić information content (AvgIpc) is 3.21. The molecule has 6 nitrogen and oxygen atoms in total. The fraction of sp³-hybridized carbons (Fsp3) is 0.190. The van der Waals surface area contributed by atoms with Crippen molar-refractivity contribution in [2.45, 2.75) is 19.8 Å². The number of hydrogen-bond donors (Lipinski definition) is 0. The van der Waals surface area contributed by atoms with Crippen molar-refractivity contribution in [3.63, 3.8) is 0 Å². The zero-order valence-corrected chi connectivity index (χ0v) is 15.5. The first-order valence-corrected chi connectivity index (χ1v) is 8.73. The van der Waals surface area contributed by atoms with Gasteiger partial charge in [-0.1, -0.05) is 18.2 Å². The third kappa shape index (κ3) is 2.99. The highest BCUT2D eigenvalue weighted by atomic mass is 16.5. The highest BCUT2D eigenvalue weighted by molar-refractivity contribution is 6.18. The summed E-state index contributed by atoms with van der Waals surface area (Å²) in [6.45, 7) is 3.80. The van der Waals surface area contributed by atoms with Crippen molar-refractivity contribution in [3.8, 4) is 11.4 Å². The van der Waals surface area contributed by atoms with Crippen LogP contribution < -0.4 is 9.75 Å². The van der Waals surface area contributed by atoms with Crippen LogP contribution >= 0.6 is 0 Å². The molecule has 6 heteroatoms. The van der Waals surface area contributed by atoms with Crippen LogP contribution in [0, 0.1) is 6.92 Å². The lowest BCUT2D eigenvalue weighted by Crippen LogP contribution is -2.27. The molecule has 0 saturated heterocycles. The topological polar surface area (TPSA) is 59.7 Å². The molecule has 0 spiro atoms. The standard InChI is InChI=1S/C21H20N4O2/c1-14-13-19(24(22-14)17-9-11-18(27-3)12-10-17)20-15(2)23-25(21(20)26)16-7-5-4-6-8-16/h4-13,20H,1-3H3. The zero-order valence-electron chi connectivity index (χ0n) is 15.5. The molecule has 0 saturated carbocycles. The number of benzene rings is 2. The molecule has 1 aromatic heterocycles. The van der Waals surface area contributed by atoms with Crippen LogP contribution in [0.25, 0.3) is 5.69 Å². The summed E-state index contributed by atoms with van der Waals surface area (Å²) in [5, 5.41) is 10.6. The van der Waals surface area contributed by atoms with Crippen molar-refractivity contribution >= 4 is 17.3 Å². The number of anilines is 1. The van der Waals surface area contributed by atoms with E-state index in [0.717, 1.165) is 34.2 Å². The van der Waals surface area contributed by atoms with Crippen LogP contribution in [0.1, 0.15) is 24.2 Å². The minimum absolute atomic E-state index is 0.0756. The van der Waals surface area contributed by atoms with Crippen LogP contribution in [-0.4, -0.2) is 28.5 Å². The average molecular weight is 360 g/mol. The summed E-state index contributed by atoms with van der Waals surface area (Å²) in [6.07, 6.45) is 0. The first-order valence-electron chi connectivity index (χ1n) is 8.73. The Labute approximate surface area is 157 Å². The van der Waals surface area contributed by atoms with Crippen molar-refractivity contribution in [1.82, 2.24) is 9.78 Å². The molecular formula is C21H20N4O2. The quantitative estimate of drug-likeness (QED) is 0.713. The number of hydrogen-bond acceptors (Lipinski definition) is 4. The van der Waals surface area contributed by atoms with E-state index in [9.17, 15) is 4.79 Å². The number of nitrogens with zero attached hydrogens (tertiary/aromatic N) is 4. The molecule has 4 rings (SSSR count). The number of rotatable bonds is 4. The molecule has 0 aliphatic carbocycles. The number of hydrazone groups is 1. The maximum absolute atomic E-state index is 13.2. The van der Waals surface area contributed by atoms with E-state index < -0.39 is 5.92 Å². The van der Waals surface area contributed by atoms with Gasteiger partial charge >= 0.3 is 0 Å². The molecule has 1 atom stereocenters. The van der Waals surface area contributed by atoms with Gasteiger partial charge in [-0.05, 0) is 56.3 Å². The second-order valence-corrected chi connectivity index (χ2v) is 6.48. The lowest BCUT2D eigenvalue weighted by Gasteiger charge is -2.15. The third-order valence-electron chi connectivity index (χ3n) is 4.60. The molecule has 0 bridgehead atoms. The van der Waals surface area contributed by atoms with E-state index in [4.69, 9.17) is 4.74 Å². The van der Waals surface area contributed by atoms with Gasteiger partial charge in [0.05, 0.1) is 35.6 Å². The predicted octanol–water partition coefficient (Wildman–Crippen LogP) is 3.70. The number of methoxy groups -OCH3 is 1. The fourth-order valence-corrected chi connectivity index (χ4v) is 3.32. The van der Waals surface area contributed by atoms with Crippen molar-refractivity contribution in [2.75, 3.05) is 12.1 Å². The van der Waals surface area contributed by atoms with Crippen molar-refractivity contribution in [1.29, 1.82) is 0 Å². The number of carbonyl (C=O) groups is 1.